The second-order valence-corrected chi connectivity index (χ2v) is 17.6. The van der Waals surface area contributed by atoms with Gasteiger partial charge in [-0.1, -0.05) is 30.3 Å². The van der Waals surface area contributed by atoms with Crippen molar-refractivity contribution in [1.29, 1.82) is 0 Å². The number of nitrogens with zero attached hydrogens (tertiary/aromatic N) is 2. The number of hydrogen-bond acceptors (Lipinski definition) is 13. The number of nitrogens with two attached hydrogens (primary N) is 6. The van der Waals surface area contributed by atoms with Gasteiger partial charge in [0, 0.05) is 68.6 Å². The van der Waals surface area contributed by atoms with E-state index in [4.69, 9.17) is 34.4 Å². The number of carbonyl (C=O) groups excluding carboxylic acids is 9. The van der Waals surface area contributed by atoms with Crippen molar-refractivity contribution in [2.45, 2.75) is 113 Å². The van der Waals surface area contributed by atoms with Crippen LogP contribution in [0.25, 0.3) is 10.9 Å². The molecular formula is C47H69N17O10. The number of fused-ring (bicyclic) bond motifs is 1. The largest absolute Gasteiger partial charge is 0.399 e. The van der Waals surface area contributed by atoms with Crippen LogP contribution >= 0.6 is 0 Å². The van der Waals surface area contributed by atoms with Crippen LogP contribution in [-0.2, 0) is 56.0 Å². The minimum atomic E-state index is -1.76. The molecule has 0 spiro atoms. The zero-order chi connectivity index (χ0) is 54.3. The molecule has 0 unspecified atom stereocenters. The molecule has 1 aliphatic rings. The molecule has 2 aromatic carbocycles. The number of guanidine groups is 2. The van der Waals surface area contributed by atoms with E-state index in [-0.39, 0.29) is 95.8 Å². The highest BCUT2D eigenvalue weighted by Crippen LogP contribution is 2.20. The van der Waals surface area contributed by atoms with Gasteiger partial charge < -0.3 is 87.0 Å². The topological polar surface area (TPSA) is 467 Å². The van der Waals surface area contributed by atoms with Crippen molar-refractivity contribution in [1.82, 2.24) is 47.5 Å². The molecule has 0 aliphatic carbocycles. The number of H-pyrrole nitrogens is 1. The summed E-state index contributed by atoms with van der Waals surface area (Å²) in [5, 5.41) is 31.9. The smallest absolute Gasteiger partial charge is 0.245 e. The number of primary amides is 1. The molecule has 0 bridgehead atoms. The van der Waals surface area contributed by atoms with Gasteiger partial charge in [-0.25, -0.2) is 0 Å². The second-order valence-electron chi connectivity index (χ2n) is 17.6. The third-order valence-electron chi connectivity index (χ3n) is 11.8. The summed E-state index contributed by atoms with van der Waals surface area (Å²) >= 11 is 0. The molecule has 0 radical (unpaired) electrons. The quantitative estimate of drug-likeness (QED) is 0.0261. The summed E-state index contributed by atoms with van der Waals surface area (Å²) < 4.78 is 0. The van der Waals surface area contributed by atoms with Crippen molar-refractivity contribution < 1.29 is 48.3 Å². The molecule has 7 atom stereocenters. The molecule has 402 valence electrons. The summed E-state index contributed by atoms with van der Waals surface area (Å²) in [6.07, 6.45) is 0.918. The summed E-state index contributed by atoms with van der Waals surface area (Å²) in [4.78, 5) is 134. The monoisotopic (exact) mass is 1030 g/mol. The summed E-state index contributed by atoms with van der Waals surface area (Å²) in [7, 11) is 0. The molecule has 74 heavy (non-hydrogen) atoms. The van der Waals surface area contributed by atoms with Gasteiger partial charge in [-0.05, 0) is 74.3 Å². The highest BCUT2D eigenvalue weighted by Gasteiger charge is 2.35. The lowest BCUT2D eigenvalue weighted by Gasteiger charge is -2.27. The number of nitrogen functional groups attached to an aromatic ring is 1. The number of hydrogen-bond donors (Lipinski definition) is 16. The van der Waals surface area contributed by atoms with Gasteiger partial charge in [0.2, 0.25) is 53.2 Å². The number of para-hydroxylation sites is 1. The van der Waals surface area contributed by atoms with Gasteiger partial charge in [0.25, 0.3) is 0 Å². The van der Waals surface area contributed by atoms with Crippen LogP contribution in [0.5, 0.6) is 0 Å². The van der Waals surface area contributed by atoms with E-state index in [0.29, 0.717) is 16.8 Å². The maximum absolute atomic E-state index is 14.5. The maximum Gasteiger partial charge on any atom is 0.245 e. The van der Waals surface area contributed by atoms with Gasteiger partial charge in [0.1, 0.15) is 42.3 Å². The van der Waals surface area contributed by atoms with E-state index in [1.165, 1.54) is 6.92 Å². The lowest BCUT2D eigenvalue weighted by Crippen LogP contribution is -2.61. The molecular weight excluding hydrogens is 963 g/mol. The fourth-order valence-electron chi connectivity index (χ4n) is 7.90. The lowest BCUT2D eigenvalue weighted by molar-refractivity contribution is -0.136. The van der Waals surface area contributed by atoms with Gasteiger partial charge in [-0.2, -0.15) is 0 Å². The summed E-state index contributed by atoms with van der Waals surface area (Å²) in [6, 6.07) is 3.45. The van der Waals surface area contributed by atoms with Crippen LogP contribution in [0.4, 0.5) is 5.69 Å². The van der Waals surface area contributed by atoms with E-state index >= 15 is 0 Å². The summed E-state index contributed by atoms with van der Waals surface area (Å²) in [5.74, 6) is -8.01. The van der Waals surface area contributed by atoms with Crippen molar-refractivity contribution in [2.24, 2.45) is 38.7 Å². The first-order valence-electron chi connectivity index (χ1n) is 24.0. The van der Waals surface area contributed by atoms with Crippen LogP contribution in [0, 0.1) is 0 Å². The van der Waals surface area contributed by atoms with Crippen molar-refractivity contribution in [2.75, 3.05) is 32.0 Å². The molecule has 27 heteroatoms. The Balaban J connectivity index is 1.75. The molecule has 1 fully saturated rings. The first-order chi connectivity index (χ1) is 35.2. The van der Waals surface area contributed by atoms with Crippen LogP contribution in [0.1, 0.15) is 69.4 Å². The minimum Gasteiger partial charge on any atom is -0.399 e. The number of aromatic nitrogens is 1. The molecule has 2 heterocycles. The Kier molecular flexibility index (Phi) is 22.9. The van der Waals surface area contributed by atoms with E-state index in [0.717, 1.165) is 10.9 Å². The number of rotatable bonds is 17. The molecule has 1 aromatic heterocycles. The first-order valence-corrected chi connectivity index (χ1v) is 24.0. The standard InChI is InChI=1S/C47H69N17O10/c1-25(66)58-32(10-5-19-55-46(50)51)40(69)61-34-16-17-38(67)54-18-4-9-31(39(49)68)59-44(73)36(22-27-23-57-30-8-3-2-7-29(27)30)63-41(70)33(11-6-20-56-47(52)53)60-43(72)35(21-26-12-14-28(48)15-13-26)62-45(74)37(24-65)64-42(34)71/h2-3,7-8,12-15,23,31-37,57,65H,4-6,9-11,16-22,24,48H2,1H3,(H2,49,68)(H,54,67)(H,58,66)(H,59,73)(H,60,72)(H,61,69)(H,62,74)(H,63,70)(H,64,71)(H4,50,51,55)(H4,52,53,56)/t31-,32-,33-,34-,35+,36-,37-/m0/s1. The Hall–Kier alpha value is -8.49. The molecule has 3 aromatic rings. The number of carbonyl (C=O) groups is 9. The van der Waals surface area contributed by atoms with E-state index in [9.17, 15) is 48.3 Å². The summed E-state index contributed by atoms with van der Waals surface area (Å²) in [6.45, 7) is 0.253. The first kappa shape index (κ1) is 58.1. The third kappa shape index (κ3) is 19.3. The van der Waals surface area contributed by atoms with Gasteiger partial charge in [-0.15, -0.1) is 0 Å². The van der Waals surface area contributed by atoms with E-state index in [2.05, 4.69) is 57.5 Å². The van der Waals surface area contributed by atoms with Crippen molar-refractivity contribution in [3.63, 3.8) is 0 Å². The van der Waals surface area contributed by atoms with Crippen molar-refractivity contribution >= 4 is 81.7 Å². The number of nitrogens with one attached hydrogen (secondary N) is 9. The fraction of sp³-hybridized carbons (Fsp3) is 0.468. The number of aromatic amines is 1. The number of benzene rings is 2. The van der Waals surface area contributed by atoms with Crippen LogP contribution in [0.15, 0.2) is 64.7 Å². The Morgan fingerprint density at radius 2 is 1.32 bits per heavy atom. The van der Waals surface area contributed by atoms with E-state index in [1.54, 1.807) is 36.5 Å². The molecule has 22 N–H and O–H groups in total. The normalized spacial score (nSPS) is 21.2. The number of anilines is 1. The van der Waals surface area contributed by atoms with Crippen LogP contribution in [0.3, 0.4) is 0 Å². The Labute approximate surface area is 426 Å². The fourth-order valence-corrected chi connectivity index (χ4v) is 7.90. The Morgan fingerprint density at radius 1 is 0.730 bits per heavy atom. The second kappa shape index (κ2) is 29.1. The number of aliphatic hydroxyl groups is 1. The predicted molar refractivity (Wildman–Crippen MR) is 273 cm³/mol. The zero-order valence-corrected chi connectivity index (χ0v) is 41.1. The average Bonchev–Trinajstić information content (AvgIpc) is 3.76. The zero-order valence-electron chi connectivity index (χ0n) is 41.1. The molecule has 9 amide bonds. The predicted octanol–water partition coefficient (Wildman–Crippen LogP) is -4.78. The number of aliphatic hydroxyl groups excluding tert-OH is 1. The third-order valence-corrected chi connectivity index (χ3v) is 11.8. The minimum absolute atomic E-state index is 0.0203. The SMILES string of the molecule is CC(=O)N[C@@H](CCCN=C(N)N)C(=O)N[C@H]1CCC(=O)NCCC[C@@H](C(N)=O)NC(=O)[C@H](Cc2c[nH]c3ccccc23)NC(=O)[C@H](CCCN=C(N)N)NC(=O)[C@@H](Cc2ccc(N)cc2)NC(=O)[C@H](CO)NC1=O. The van der Waals surface area contributed by atoms with Gasteiger partial charge >= 0.3 is 0 Å². The van der Waals surface area contributed by atoms with Crippen LogP contribution in [-0.4, -0.2) is 144 Å². The highest BCUT2D eigenvalue weighted by atomic mass is 16.3. The highest BCUT2D eigenvalue weighted by molar-refractivity contribution is 5.98. The van der Waals surface area contributed by atoms with E-state index in [1.807, 2.05) is 18.2 Å². The molecule has 0 saturated carbocycles. The van der Waals surface area contributed by atoms with E-state index < -0.39 is 102 Å². The van der Waals surface area contributed by atoms with Gasteiger partial charge in [-0.3, -0.25) is 53.1 Å². The van der Waals surface area contributed by atoms with Crippen LogP contribution in [0.2, 0.25) is 0 Å². The van der Waals surface area contributed by atoms with Gasteiger partial charge in [0.05, 0.1) is 6.61 Å². The van der Waals surface area contributed by atoms with Crippen molar-refractivity contribution in [3.05, 3.63) is 65.9 Å². The average molecular weight is 1030 g/mol. The van der Waals surface area contributed by atoms with Crippen LogP contribution < -0.4 is 76.9 Å². The molecule has 1 saturated heterocycles. The lowest BCUT2D eigenvalue weighted by atomic mass is 10.0. The maximum atomic E-state index is 14.5. The molecule has 27 nitrogen and oxygen atoms in total. The van der Waals surface area contributed by atoms with Crippen molar-refractivity contribution in [3.8, 4) is 0 Å². The number of amides is 9. The number of aliphatic imine (C=N–C) groups is 2. The molecule has 1 aliphatic heterocycles. The Morgan fingerprint density at radius 3 is 1.97 bits per heavy atom. The summed E-state index contributed by atoms with van der Waals surface area (Å²) in [5.41, 5.74) is 35.8. The van der Waals surface area contributed by atoms with Gasteiger partial charge in [0.15, 0.2) is 11.9 Å². The molecule has 4 rings (SSSR count). The Bertz CT molecular complexity index is 2510.